The molecule has 3 aliphatic rings. The van der Waals surface area contributed by atoms with Gasteiger partial charge in [0.05, 0.1) is 18.3 Å². The van der Waals surface area contributed by atoms with Gasteiger partial charge in [-0.25, -0.2) is 4.79 Å². The second-order valence-corrected chi connectivity index (χ2v) is 10.3. The number of phenols is 1. The van der Waals surface area contributed by atoms with Gasteiger partial charge < -0.3 is 35.8 Å². The van der Waals surface area contributed by atoms with Gasteiger partial charge in [0, 0.05) is 21.1 Å². The molecule has 2 unspecified atom stereocenters. The van der Waals surface area contributed by atoms with Crippen LogP contribution in [0.25, 0.3) is 5.76 Å². The number of hydrogen-bond donors (Lipinski definition) is 5. The number of carbonyl (C=O) groups is 4. The van der Waals surface area contributed by atoms with Gasteiger partial charge in [-0.3, -0.25) is 14.4 Å². The fraction of sp³-hybridized carbons (Fsp3) is 0.500. The van der Waals surface area contributed by atoms with Crippen molar-refractivity contribution in [1.29, 1.82) is 0 Å². The Hall–Kier alpha value is -2.55. The molecule has 6 N–H and O–H groups in total. The number of Topliss-reactive ketones (excluding diaryl/α,β-unsaturated/α-hetero) is 2. The number of aromatic hydroxyl groups is 1. The number of nitrogens with two attached hydrogens (primary N) is 1. The molecule has 4 rings (SSSR count). The van der Waals surface area contributed by atoms with E-state index in [1.807, 2.05) is 0 Å². The number of carbonyl (C=O) groups excluding carboxylic acids is 4. The number of ketones is 2. The maximum atomic E-state index is 13.8. The zero-order chi connectivity index (χ0) is 26.5. The minimum absolute atomic E-state index is 0.0782. The van der Waals surface area contributed by atoms with E-state index >= 15 is 0 Å². The molecule has 2 saturated carbocycles. The Bertz CT molecular complexity index is 1180. The minimum atomic E-state index is -2.67. The number of ether oxygens (including phenoxy) is 2. The van der Waals surface area contributed by atoms with Crippen molar-refractivity contribution in [1.82, 2.24) is 5.32 Å². The Morgan fingerprint density at radius 1 is 1.28 bits per heavy atom. The first-order chi connectivity index (χ1) is 17.0. The number of aliphatic hydroxyl groups excluding tert-OH is 1. The summed E-state index contributed by atoms with van der Waals surface area (Å²) in [6.45, 7) is 1.16. The summed E-state index contributed by atoms with van der Waals surface area (Å²) in [5.41, 5.74) is 3.40. The molecule has 0 spiro atoms. The van der Waals surface area contributed by atoms with Gasteiger partial charge in [-0.2, -0.15) is 0 Å². The van der Waals surface area contributed by atoms with Crippen LogP contribution in [0.3, 0.4) is 0 Å². The highest BCUT2D eigenvalue weighted by atomic mass is 127. The zero-order valence-corrected chi connectivity index (χ0v) is 21.8. The summed E-state index contributed by atoms with van der Waals surface area (Å²) in [6, 6.07) is 2.16. The second kappa shape index (κ2) is 9.72. The Labute approximate surface area is 220 Å². The molecule has 12 heteroatoms. The van der Waals surface area contributed by atoms with Crippen LogP contribution in [0.5, 0.6) is 5.75 Å². The molecule has 1 aromatic carbocycles. The maximum Gasteiger partial charge on any atom is 0.332 e. The van der Waals surface area contributed by atoms with Gasteiger partial charge >= 0.3 is 5.97 Å². The van der Waals surface area contributed by atoms with Crippen molar-refractivity contribution in [3.63, 3.8) is 0 Å². The van der Waals surface area contributed by atoms with Crippen molar-refractivity contribution in [3.8, 4) is 5.75 Å². The van der Waals surface area contributed by atoms with Gasteiger partial charge in [-0.15, -0.1) is 0 Å². The van der Waals surface area contributed by atoms with E-state index in [-0.39, 0.29) is 36.3 Å². The first-order valence-electron chi connectivity index (χ1n) is 11.5. The number of likely N-dealkylation sites (N-methyl/N-ethyl adjacent to an activating group) is 1. The average molecular weight is 614 g/mol. The van der Waals surface area contributed by atoms with E-state index in [1.165, 1.54) is 13.1 Å². The zero-order valence-electron chi connectivity index (χ0n) is 19.6. The number of rotatable bonds is 6. The lowest BCUT2D eigenvalue weighted by atomic mass is 9.54. The number of fused-ring (bicyclic) bond motifs is 3. The molecule has 0 heterocycles. The second-order valence-electron chi connectivity index (χ2n) is 9.16. The predicted octanol–water partition coefficient (Wildman–Crippen LogP) is -0.0212. The lowest BCUT2D eigenvalue weighted by Gasteiger charge is -2.52. The van der Waals surface area contributed by atoms with Crippen molar-refractivity contribution < 1.29 is 44.0 Å². The highest BCUT2D eigenvalue weighted by molar-refractivity contribution is 14.1. The van der Waals surface area contributed by atoms with E-state index in [1.54, 1.807) is 13.0 Å². The normalized spacial score (nSPS) is 31.4. The summed E-state index contributed by atoms with van der Waals surface area (Å²) in [5, 5.41) is 36.0. The van der Waals surface area contributed by atoms with E-state index in [4.69, 9.17) is 15.2 Å². The van der Waals surface area contributed by atoms with Crippen molar-refractivity contribution in [2.24, 2.45) is 23.5 Å². The molecule has 2 fully saturated rings. The number of amides is 1. The lowest BCUT2D eigenvalue weighted by molar-refractivity contribution is -0.185. The molecule has 36 heavy (non-hydrogen) atoms. The smallest absolute Gasteiger partial charge is 0.332 e. The van der Waals surface area contributed by atoms with Crippen LogP contribution in [-0.2, 0) is 35.1 Å². The predicted molar refractivity (Wildman–Crippen MR) is 133 cm³/mol. The van der Waals surface area contributed by atoms with Crippen LogP contribution in [0, 0.1) is 21.3 Å². The third kappa shape index (κ3) is 3.90. The SMILES string of the molecule is CCOC(=O)COC1C(C(N)=O)C(=O)[C@@]2(O)C(=O)C3=C(O)c4c(O)ccc(I)c4C[C@H]3C[C@H]2[C@@H]1NC. The quantitative estimate of drug-likeness (QED) is 0.166. The summed E-state index contributed by atoms with van der Waals surface area (Å²) < 4.78 is 11.3. The summed E-state index contributed by atoms with van der Waals surface area (Å²) in [6.07, 6.45) is -0.895. The molecule has 0 aromatic heterocycles. The van der Waals surface area contributed by atoms with Crippen LogP contribution in [-0.4, -0.2) is 76.8 Å². The molecule has 1 amide bonds. The Morgan fingerprint density at radius 3 is 2.58 bits per heavy atom. The minimum Gasteiger partial charge on any atom is -0.507 e. The molecule has 3 aliphatic carbocycles. The molecule has 1 aromatic rings. The van der Waals surface area contributed by atoms with E-state index in [0.29, 0.717) is 5.56 Å². The molecule has 6 atom stereocenters. The average Bonchev–Trinajstić information content (AvgIpc) is 2.82. The van der Waals surface area contributed by atoms with Gasteiger partial charge in [0.15, 0.2) is 11.4 Å². The Kier molecular flexibility index (Phi) is 7.16. The van der Waals surface area contributed by atoms with Gasteiger partial charge in [-0.1, -0.05) is 0 Å². The van der Waals surface area contributed by atoms with Gasteiger partial charge in [0.2, 0.25) is 11.7 Å². The highest BCUT2D eigenvalue weighted by Crippen LogP contribution is 2.52. The third-order valence-electron chi connectivity index (χ3n) is 7.36. The van der Waals surface area contributed by atoms with Gasteiger partial charge in [-0.05, 0) is 73.0 Å². The number of phenolic OH excluding ortho intramolecular Hbond substituents is 1. The van der Waals surface area contributed by atoms with Crippen LogP contribution in [0.1, 0.15) is 24.5 Å². The number of benzene rings is 1. The third-order valence-corrected chi connectivity index (χ3v) is 8.37. The first kappa shape index (κ1) is 26.5. The monoisotopic (exact) mass is 614 g/mol. The van der Waals surface area contributed by atoms with Gasteiger partial charge in [0.1, 0.15) is 24.0 Å². The first-order valence-corrected chi connectivity index (χ1v) is 12.6. The standard InChI is InChI=1S/C24H27IN2O9/c1-3-35-14(29)8-36-20-17(23(26)33)22(32)24(34)11(18(20)27-2)7-9-6-10-12(25)4-5-13(28)16(10)19(30)15(9)21(24)31/h4-5,9,11,17-18,20,27-28,30,34H,3,6-8H2,1-2H3,(H2,26,33)/t9-,11-,17?,18-,20?,24-/m0/s1. The number of hydrogen-bond acceptors (Lipinski definition) is 10. The van der Waals surface area contributed by atoms with E-state index in [2.05, 4.69) is 27.9 Å². The molecule has 194 valence electrons. The van der Waals surface area contributed by atoms with Crippen LogP contribution >= 0.6 is 22.6 Å². The maximum absolute atomic E-state index is 13.8. The summed E-state index contributed by atoms with van der Waals surface area (Å²) in [7, 11) is 1.52. The topological polar surface area (TPSA) is 185 Å². The molecule has 0 saturated heterocycles. The fourth-order valence-electron chi connectivity index (χ4n) is 5.84. The van der Waals surface area contributed by atoms with Crippen LogP contribution in [0.2, 0.25) is 0 Å². The van der Waals surface area contributed by atoms with Crippen molar-refractivity contribution in [3.05, 3.63) is 32.4 Å². The number of esters is 1. The van der Waals surface area contributed by atoms with Gasteiger partial charge in [0.25, 0.3) is 0 Å². The number of primary amides is 1. The van der Waals surface area contributed by atoms with Crippen LogP contribution < -0.4 is 11.1 Å². The summed E-state index contributed by atoms with van der Waals surface area (Å²) in [4.78, 5) is 51.6. The number of aliphatic hydroxyl groups is 2. The van der Waals surface area contributed by atoms with Crippen molar-refractivity contribution >= 4 is 51.8 Å². The van der Waals surface area contributed by atoms with E-state index in [0.717, 1.165) is 3.57 Å². The number of halogens is 1. The Morgan fingerprint density at radius 2 is 1.97 bits per heavy atom. The summed E-state index contributed by atoms with van der Waals surface area (Å²) in [5.74, 6) is -8.14. The van der Waals surface area contributed by atoms with Crippen LogP contribution in [0.15, 0.2) is 17.7 Å². The summed E-state index contributed by atoms with van der Waals surface area (Å²) >= 11 is 2.07. The largest absolute Gasteiger partial charge is 0.507 e. The molecule has 0 bridgehead atoms. The van der Waals surface area contributed by atoms with E-state index < -0.39 is 71.3 Å². The van der Waals surface area contributed by atoms with Crippen molar-refractivity contribution in [2.45, 2.75) is 37.5 Å². The van der Waals surface area contributed by atoms with E-state index in [9.17, 15) is 34.5 Å². The molecule has 0 radical (unpaired) electrons. The number of nitrogens with one attached hydrogen (secondary N) is 1. The molecular formula is C24H27IN2O9. The highest BCUT2D eigenvalue weighted by Gasteiger charge is 2.67. The molecule has 11 nitrogen and oxygen atoms in total. The fourth-order valence-corrected chi connectivity index (χ4v) is 6.51. The van der Waals surface area contributed by atoms with Crippen LogP contribution in [0.4, 0.5) is 0 Å². The van der Waals surface area contributed by atoms with Crippen molar-refractivity contribution in [2.75, 3.05) is 20.3 Å². The Balaban J connectivity index is 1.81. The lowest BCUT2D eigenvalue weighted by Crippen LogP contribution is -2.74. The molecular weight excluding hydrogens is 587 g/mol. The molecule has 0 aliphatic heterocycles.